The number of nitro groups is 1. The number of fused-ring (bicyclic) bond motifs is 1. The molecule has 1 aromatic heterocycles. The van der Waals surface area contributed by atoms with E-state index in [1.54, 1.807) is 0 Å². The molecule has 0 atom stereocenters. The molecule has 168 valence electrons. The van der Waals surface area contributed by atoms with E-state index in [1.165, 1.54) is 18.2 Å². The zero-order chi connectivity index (χ0) is 23.7. The van der Waals surface area contributed by atoms with Crippen molar-refractivity contribution >= 4 is 33.9 Å². The zero-order valence-electron chi connectivity index (χ0n) is 17.7. The highest BCUT2D eigenvalue weighted by atomic mass is 16.6. The van der Waals surface area contributed by atoms with E-state index in [1.807, 2.05) is 60.7 Å². The van der Waals surface area contributed by atoms with Gasteiger partial charge in [-0.3, -0.25) is 20.3 Å². The number of carbonyl (C=O) groups excluding carboxylic acids is 1. The van der Waals surface area contributed by atoms with Crippen LogP contribution in [0.3, 0.4) is 0 Å². The van der Waals surface area contributed by atoms with Crippen LogP contribution in [0.4, 0.5) is 11.4 Å². The molecule has 1 aliphatic rings. The highest BCUT2D eigenvalue weighted by Crippen LogP contribution is 2.39. The number of rotatable bonds is 5. The van der Waals surface area contributed by atoms with Crippen molar-refractivity contribution in [1.29, 1.82) is 0 Å². The molecule has 4 aromatic rings. The number of azo groups is 1. The summed E-state index contributed by atoms with van der Waals surface area (Å²) in [6.07, 6.45) is 0.240. The van der Waals surface area contributed by atoms with Gasteiger partial charge in [-0.15, -0.1) is 10.2 Å². The van der Waals surface area contributed by atoms with Crippen molar-refractivity contribution in [3.63, 3.8) is 0 Å². The molecule has 3 N–H and O–H groups in total. The zero-order valence-corrected chi connectivity index (χ0v) is 17.7. The van der Waals surface area contributed by atoms with Crippen molar-refractivity contribution in [2.75, 3.05) is 0 Å². The lowest BCUT2D eigenvalue weighted by molar-refractivity contribution is -0.384. The normalized spacial score (nSPS) is 14.8. The van der Waals surface area contributed by atoms with Crippen molar-refractivity contribution in [1.82, 2.24) is 10.4 Å². The Kier molecular flexibility index (Phi) is 5.09. The number of hydrogen-bond donors (Lipinski definition) is 3. The van der Waals surface area contributed by atoms with E-state index in [2.05, 4.69) is 25.7 Å². The molecule has 1 amide bonds. The van der Waals surface area contributed by atoms with Gasteiger partial charge in [0.25, 0.3) is 5.69 Å². The van der Waals surface area contributed by atoms with Gasteiger partial charge in [0, 0.05) is 23.9 Å². The molecule has 0 unspecified atom stereocenters. The van der Waals surface area contributed by atoms with Crippen LogP contribution in [0.1, 0.15) is 17.5 Å². The quantitative estimate of drug-likeness (QED) is 0.228. The molecular weight excluding hydrogens is 436 g/mol. The van der Waals surface area contributed by atoms with Gasteiger partial charge in [-0.25, -0.2) is 0 Å². The molecule has 10 nitrogen and oxygen atoms in total. The van der Waals surface area contributed by atoms with Gasteiger partial charge in [0.15, 0.2) is 5.69 Å². The van der Waals surface area contributed by atoms with E-state index in [0.717, 1.165) is 11.1 Å². The standard InChI is InChI=1S/C24H18N6O4/c31-22(28-27-21-18-13-17(30(33)34)11-12-19(18)25-23(21)32)20-14-24(29-26-20,15-7-3-1-4-8-15)16-9-5-2-6-10-16/h1-13,25,29,32H,14H2. The maximum atomic E-state index is 12.9. The molecule has 2 heterocycles. The molecule has 10 heteroatoms. The molecule has 5 rings (SSSR count). The Balaban J connectivity index is 1.45. The maximum absolute atomic E-state index is 12.9. The van der Waals surface area contributed by atoms with Crippen LogP contribution in [-0.4, -0.2) is 26.6 Å². The van der Waals surface area contributed by atoms with Gasteiger partial charge in [-0.05, 0) is 17.2 Å². The average molecular weight is 454 g/mol. The third-order valence-electron chi connectivity index (χ3n) is 5.78. The first-order valence-corrected chi connectivity index (χ1v) is 10.4. The summed E-state index contributed by atoms with van der Waals surface area (Å²) >= 11 is 0. The predicted octanol–water partition coefficient (Wildman–Crippen LogP) is 4.69. The summed E-state index contributed by atoms with van der Waals surface area (Å²) in [4.78, 5) is 26.1. The Labute approximate surface area is 192 Å². The molecule has 1 aliphatic heterocycles. The number of hydrazone groups is 1. The molecule has 34 heavy (non-hydrogen) atoms. The third-order valence-corrected chi connectivity index (χ3v) is 5.78. The van der Waals surface area contributed by atoms with Crippen LogP contribution < -0.4 is 5.43 Å². The molecule has 0 radical (unpaired) electrons. The molecule has 0 saturated heterocycles. The second-order valence-electron chi connectivity index (χ2n) is 7.80. The molecule has 0 bridgehead atoms. The Morgan fingerprint density at radius 2 is 1.68 bits per heavy atom. The van der Waals surface area contributed by atoms with Gasteiger partial charge in [0.05, 0.1) is 10.4 Å². The smallest absolute Gasteiger partial charge is 0.311 e. The largest absolute Gasteiger partial charge is 0.493 e. The number of carbonyl (C=O) groups is 1. The maximum Gasteiger partial charge on any atom is 0.311 e. The second-order valence-corrected chi connectivity index (χ2v) is 7.80. The van der Waals surface area contributed by atoms with Crippen molar-refractivity contribution in [3.8, 4) is 5.88 Å². The van der Waals surface area contributed by atoms with Gasteiger partial charge in [0.2, 0.25) is 5.88 Å². The monoisotopic (exact) mass is 454 g/mol. The number of H-pyrrole nitrogens is 1. The van der Waals surface area contributed by atoms with Gasteiger partial charge >= 0.3 is 5.91 Å². The van der Waals surface area contributed by atoms with Gasteiger partial charge < -0.3 is 10.1 Å². The SMILES string of the molecule is O=C(N=Nc1c(O)[nH]c2ccc([N+](=O)[O-])cc12)C1=NNC(c2ccccc2)(c2ccccc2)C1. The fourth-order valence-corrected chi connectivity index (χ4v) is 4.08. The van der Waals surface area contributed by atoms with E-state index in [-0.39, 0.29) is 34.8 Å². The molecule has 0 fully saturated rings. The summed E-state index contributed by atoms with van der Waals surface area (Å²) < 4.78 is 0. The first-order chi connectivity index (χ1) is 16.5. The third kappa shape index (κ3) is 3.56. The van der Waals surface area contributed by atoms with Crippen LogP contribution in [0, 0.1) is 10.1 Å². The van der Waals surface area contributed by atoms with E-state index >= 15 is 0 Å². The molecule has 0 aliphatic carbocycles. The van der Waals surface area contributed by atoms with Crippen molar-refractivity contribution < 1.29 is 14.8 Å². The van der Waals surface area contributed by atoms with Crippen molar-refractivity contribution in [2.24, 2.45) is 15.3 Å². The average Bonchev–Trinajstić information content (AvgIpc) is 3.45. The van der Waals surface area contributed by atoms with Crippen LogP contribution in [0.25, 0.3) is 10.9 Å². The first-order valence-electron chi connectivity index (χ1n) is 10.4. The highest BCUT2D eigenvalue weighted by Gasteiger charge is 2.41. The fourth-order valence-electron chi connectivity index (χ4n) is 4.08. The van der Waals surface area contributed by atoms with E-state index in [4.69, 9.17) is 0 Å². The summed E-state index contributed by atoms with van der Waals surface area (Å²) in [5.41, 5.74) is 4.62. The number of benzene rings is 3. The van der Waals surface area contributed by atoms with Crippen LogP contribution in [0.2, 0.25) is 0 Å². The Morgan fingerprint density at radius 3 is 2.29 bits per heavy atom. The lowest BCUT2D eigenvalue weighted by Crippen LogP contribution is -2.37. The number of aromatic hydroxyl groups is 1. The van der Waals surface area contributed by atoms with Crippen LogP contribution in [-0.2, 0) is 10.3 Å². The van der Waals surface area contributed by atoms with Gasteiger partial charge in [-0.2, -0.15) is 5.10 Å². The van der Waals surface area contributed by atoms with E-state index in [9.17, 15) is 20.0 Å². The lowest BCUT2D eigenvalue weighted by Gasteiger charge is -2.30. The van der Waals surface area contributed by atoms with E-state index < -0.39 is 16.4 Å². The number of nitrogens with one attached hydrogen (secondary N) is 2. The Morgan fingerprint density at radius 1 is 1.03 bits per heavy atom. The minimum atomic E-state index is -0.743. The number of nitrogens with zero attached hydrogens (tertiary/aromatic N) is 4. The minimum absolute atomic E-state index is 0.0593. The molecule has 0 saturated carbocycles. The topological polar surface area (TPSA) is 145 Å². The number of aromatic amines is 1. The number of nitro benzene ring substituents is 1. The van der Waals surface area contributed by atoms with Crippen molar-refractivity contribution in [3.05, 3.63) is 100 Å². The van der Waals surface area contributed by atoms with Crippen molar-refractivity contribution in [2.45, 2.75) is 12.0 Å². The van der Waals surface area contributed by atoms with Gasteiger partial charge in [0.1, 0.15) is 11.3 Å². The van der Waals surface area contributed by atoms with Crippen LogP contribution in [0.15, 0.2) is 94.2 Å². The number of amides is 1. The fraction of sp³-hybridized carbons (Fsp3) is 0.0833. The second kappa shape index (κ2) is 8.24. The summed E-state index contributed by atoms with van der Waals surface area (Å²) in [6, 6.07) is 23.3. The predicted molar refractivity (Wildman–Crippen MR) is 125 cm³/mol. The Hall–Kier alpha value is -4.86. The summed E-state index contributed by atoms with van der Waals surface area (Å²) in [5, 5.41) is 33.5. The number of hydrogen-bond acceptors (Lipinski definition) is 7. The lowest BCUT2D eigenvalue weighted by atomic mass is 9.80. The first kappa shape index (κ1) is 21.0. The van der Waals surface area contributed by atoms with Crippen LogP contribution >= 0.6 is 0 Å². The summed E-state index contributed by atoms with van der Waals surface area (Å²) in [7, 11) is 0. The van der Waals surface area contributed by atoms with Gasteiger partial charge in [-0.1, -0.05) is 60.7 Å². The minimum Gasteiger partial charge on any atom is -0.493 e. The summed E-state index contributed by atoms with van der Waals surface area (Å²) in [5.74, 6) is -1.03. The molecular formula is C24H18N6O4. The summed E-state index contributed by atoms with van der Waals surface area (Å²) in [6.45, 7) is 0. The number of non-ortho nitro benzene ring substituents is 1. The number of aromatic nitrogens is 1. The highest BCUT2D eigenvalue weighted by molar-refractivity contribution is 6.39. The van der Waals surface area contributed by atoms with Crippen LogP contribution in [0.5, 0.6) is 5.88 Å². The molecule has 3 aromatic carbocycles. The molecule has 0 spiro atoms. The Bertz CT molecular complexity index is 1420. The van der Waals surface area contributed by atoms with E-state index in [0.29, 0.717) is 5.52 Å².